The van der Waals surface area contributed by atoms with Crippen LogP contribution in [-0.4, -0.2) is 10.0 Å². The summed E-state index contributed by atoms with van der Waals surface area (Å²) in [5.41, 5.74) is 1.44. The van der Waals surface area contributed by atoms with Gasteiger partial charge in [0.2, 0.25) is 0 Å². The summed E-state index contributed by atoms with van der Waals surface area (Å²) in [6.45, 7) is 1.87. The zero-order valence-corrected chi connectivity index (χ0v) is 11.3. The first-order valence-corrected chi connectivity index (χ1v) is 6.25. The van der Waals surface area contributed by atoms with E-state index in [0.717, 1.165) is 5.56 Å². The normalized spacial score (nSPS) is 11.4. The van der Waals surface area contributed by atoms with E-state index >= 15 is 0 Å². The molecule has 0 saturated carbocycles. The van der Waals surface area contributed by atoms with E-state index in [-0.39, 0.29) is 23.0 Å². The van der Waals surface area contributed by atoms with Crippen molar-refractivity contribution in [3.05, 3.63) is 63.7 Å². The summed E-state index contributed by atoms with van der Waals surface area (Å²) < 4.78 is 0. The fraction of sp³-hybridized carbons (Fsp3) is 0.133. The maximum absolute atomic E-state index is 10.7. The number of nitro benzene ring substituents is 1. The average molecular weight is 283 g/mol. The number of nitro groups is 1. The maximum Gasteiger partial charge on any atom is 0.270 e. The van der Waals surface area contributed by atoms with Crippen LogP contribution in [0.3, 0.4) is 0 Å². The average Bonchev–Trinajstić information content (AvgIpc) is 2.47. The summed E-state index contributed by atoms with van der Waals surface area (Å²) >= 11 is 0. The van der Waals surface area contributed by atoms with Crippen molar-refractivity contribution in [3.8, 4) is 11.8 Å². The predicted molar refractivity (Wildman–Crippen MR) is 78.0 cm³/mol. The molecule has 21 heavy (non-hydrogen) atoms. The number of hydrogen-bond acceptors (Lipinski definition) is 5. The minimum Gasteiger partial charge on any atom is -0.508 e. The molecule has 0 saturated heterocycles. The highest BCUT2D eigenvalue weighted by Gasteiger charge is 2.13. The van der Waals surface area contributed by atoms with Crippen molar-refractivity contribution >= 4 is 11.4 Å². The molecular weight excluding hydrogens is 270 g/mol. The summed E-state index contributed by atoms with van der Waals surface area (Å²) in [5.74, 6) is 0.158. The summed E-state index contributed by atoms with van der Waals surface area (Å²) in [6.07, 6.45) is 0. The highest BCUT2D eigenvalue weighted by atomic mass is 16.6. The van der Waals surface area contributed by atoms with Crippen molar-refractivity contribution in [2.75, 3.05) is 5.32 Å². The summed E-state index contributed by atoms with van der Waals surface area (Å²) in [6, 6.07) is 12.6. The number of nitrogens with one attached hydrogen (secondary N) is 1. The van der Waals surface area contributed by atoms with Gasteiger partial charge in [-0.3, -0.25) is 10.1 Å². The second-order valence-corrected chi connectivity index (χ2v) is 4.56. The molecule has 2 aromatic carbocycles. The summed E-state index contributed by atoms with van der Waals surface area (Å²) in [5, 5.41) is 32.4. The molecule has 0 fully saturated rings. The predicted octanol–water partition coefficient (Wildman–Crippen LogP) is 3.35. The van der Waals surface area contributed by atoms with Crippen LogP contribution in [0.2, 0.25) is 0 Å². The van der Waals surface area contributed by atoms with Crippen molar-refractivity contribution in [1.29, 1.82) is 5.26 Å². The third-order valence-corrected chi connectivity index (χ3v) is 3.08. The van der Waals surface area contributed by atoms with E-state index in [1.165, 1.54) is 18.2 Å². The van der Waals surface area contributed by atoms with Crippen LogP contribution in [-0.2, 0) is 0 Å². The van der Waals surface area contributed by atoms with Gasteiger partial charge in [0.1, 0.15) is 11.8 Å². The van der Waals surface area contributed by atoms with Crippen LogP contribution in [0.1, 0.15) is 24.1 Å². The Balaban J connectivity index is 2.27. The molecule has 2 aromatic rings. The number of rotatable bonds is 4. The molecular formula is C15H13N3O3. The largest absolute Gasteiger partial charge is 0.508 e. The Kier molecular flexibility index (Phi) is 4.05. The van der Waals surface area contributed by atoms with Gasteiger partial charge in [-0.2, -0.15) is 5.26 Å². The fourth-order valence-corrected chi connectivity index (χ4v) is 1.97. The molecule has 2 rings (SSSR count). The Labute approximate surface area is 121 Å². The number of phenols is 1. The van der Waals surface area contributed by atoms with E-state index < -0.39 is 4.92 Å². The van der Waals surface area contributed by atoms with Gasteiger partial charge in [0.25, 0.3) is 5.69 Å². The molecule has 1 atom stereocenters. The molecule has 0 aromatic heterocycles. The van der Waals surface area contributed by atoms with Gasteiger partial charge in [-0.15, -0.1) is 0 Å². The first kappa shape index (κ1) is 14.3. The molecule has 2 N–H and O–H groups in total. The Hall–Kier alpha value is -3.07. The second-order valence-electron chi connectivity index (χ2n) is 4.56. The standard InChI is InChI=1S/C15H13N3O3/c1-10(11-3-2-4-14(19)8-11)17-15-6-5-13(18(20)21)7-12(15)9-16/h2-8,10,17,19H,1H3. The minimum absolute atomic E-state index is 0.123. The lowest BCUT2D eigenvalue weighted by atomic mass is 10.1. The zero-order valence-electron chi connectivity index (χ0n) is 11.3. The molecule has 0 amide bonds. The Morgan fingerprint density at radius 1 is 1.33 bits per heavy atom. The van der Waals surface area contributed by atoms with Crippen molar-refractivity contribution in [1.82, 2.24) is 0 Å². The highest BCUT2D eigenvalue weighted by Crippen LogP contribution is 2.26. The number of phenolic OH excluding ortho intramolecular Hbond substituents is 1. The quantitative estimate of drug-likeness (QED) is 0.662. The van der Waals surface area contributed by atoms with Gasteiger partial charge >= 0.3 is 0 Å². The molecule has 0 aliphatic rings. The lowest BCUT2D eigenvalue weighted by Gasteiger charge is -2.16. The second kappa shape index (κ2) is 5.92. The molecule has 1 unspecified atom stereocenters. The molecule has 0 aliphatic heterocycles. The maximum atomic E-state index is 10.7. The lowest BCUT2D eigenvalue weighted by Crippen LogP contribution is -2.08. The van der Waals surface area contributed by atoms with E-state index in [4.69, 9.17) is 5.26 Å². The van der Waals surface area contributed by atoms with Crippen molar-refractivity contribution in [2.45, 2.75) is 13.0 Å². The van der Waals surface area contributed by atoms with Gasteiger partial charge in [-0.25, -0.2) is 0 Å². The van der Waals surface area contributed by atoms with Crippen LogP contribution in [0.4, 0.5) is 11.4 Å². The topological polar surface area (TPSA) is 99.2 Å². The van der Waals surface area contributed by atoms with Crippen LogP contribution < -0.4 is 5.32 Å². The molecule has 0 bridgehead atoms. The SMILES string of the molecule is CC(Nc1ccc([N+](=O)[O-])cc1C#N)c1cccc(O)c1. The Bertz CT molecular complexity index is 722. The van der Waals surface area contributed by atoms with Gasteiger partial charge in [-0.05, 0) is 30.7 Å². The number of benzene rings is 2. The van der Waals surface area contributed by atoms with Crippen LogP contribution in [0.5, 0.6) is 5.75 Å². The van der Waals surface area contributed by atoms with Crippen LogP contribution >= 0.6 is 0 Å². The van der Waals surface area contributed by atoms with Crippen LogP contribution in [0.25, 0.3) is 0 Å². The van der Waals surface area contributed by atoms with Crippen molar-refractivity contribution in [3.63, 3.8) is 0 Å². The number of hydrogen-bond donors (Lipinski definition) is 2. The third kappa shape index (κ3) is 3.28. The molecule has 0 heterocycles. The molecule has 0 aliphatic carbocycles. The zero-order chi connectivity index (χ0) is 15.4. The highest BCUT2D eigenvalue weighted by molar-refractivity contribution is 5.62. The summed E-state index contributed by atoms with van der Waals surface area (Å²) in [4.78, 5) is 10.2. The van der Waals surface area contributed by atoms with E-state index in [2.05, 4.69) is 5.32 Å². The summed E-state index contributed by atoms with van der Waals surface area (Å²) in [7, 11) is 0. The fourth-order valence-electron chi connectivity index (χ4n) is 1.97. The van der Waals surface area contributed by atoms with Crippen molar-refractivity contribution < 1.29 is 10.0 Å². The van der Waals surface area contributed by atoms with Gasteiger partial charge in [-0.1, -0.05) is 12.1 Å². The van der Waals surface area contributed by atoms with E-state index in [0.29, 0.717) is 5.69 Å². The molecule has 6 heteroatoms. The van der Waals surface area contributed by atoms with Gasteiger partial charge in [0, 0.05) is 18.2 Å². The number of nitrogens with zero attached hydrogens (tertiary/aromatic N) is 2. The first-order valence-electron chi connectivity index (χ1n) is 6.25. The van der Waals surface area contributed by atoms with E-state index in [9.17, 15) is 15.2 Å². The molecule has 6 nitrogen and oxygen atoms in total. The number of non-ortho nitro benzene ring substituents is 1. The van der Waals surface area contributed by atoms with Gasteiger partial charge in [0.15, 0.2) is 0 Å². The van der Waals surface area contributed by atoms with Gasteiger partial charge in [0.05, 0.1) is 16.2 Å². The third-order valence-electron chi connectivity index (χ3n) is 3.08. The number of aromatic hydroxyl groups is 1. The molecule has 106 valence electrons. The van der Waals surface area contributed by atoms with Crippen LogP contribution in [0.15, 0.2) is 42.5 Å². The number of anilines is 1. The van der Waals surface area contributed by atoms with Crippen molar-refractivity contribution in [2.24, 2.45) is 0 Å². The Morgan fingerprint density at radius 2 is 2.10 bits per heavy atom. The minimum atomic E-state index is -0.538. The van der Waals surface area contributed by atoms with Gasteiger partial charge < -0.3 is 10.4 Å². The first-order chi connectivity index (χ1) is 10.0. The Morgan fingerprint density at radius 3 is 2.71 bits per heavy atom. The van der Waals surface area contributed by atoms with E-state index in [1.54, 1.807) is 18.2 Å². The smallest absolute Gasteiger partial charge is 0.270 e. The van der Waals surface area contributed by atoms with Crippen LogP contribution in [0, 0.1) is 21.4 Å². The monoisotopic (exact) mass is 283 g/mol. The number of nitriles is 1. The van der Waals surface area contributed by atoms with E-state index in [1.807, 2.05) is 19.1 Å². The lowest BCUT2D eigenvalue weighted by molar-refractivity contribution is -0.384. The molecule has 0 radical (unpaired) electrons. The molecule has 0 spiro atoms.